The molecule has 0 bridgehead atoms. The minimum atomic E-state index is -4.34. The van der Waals surface area contributed by atoms with Crippen molar-refractivity contribution in [3.8, 4) is 0 Å². The first kappa shape index (κ1) is 41.8. The van der Waals surface area contributed by atoms with Gasteiger partial charge in [-0.15, -0.1) is 0 Å². The summed E-state index contributed by atoms with van der Waals surface area (Å²) in [5, 5.41) is 13.1. The van der Waals surface area contributed by atoms with Crippen molar-refractivity contribution in [2.45, 2.75) is 193 Å². The zero-order chi connectivity index (χ0) is 31.9. The fourth-order valence-corrected chi connectivity index (χ4v) is 6.14. The monoisotopic (exact) mass is 627 g/mol. The van der Waals surface area contributed by atoms with Gasteiger partial charge in [-0.25, -0.2) is 0 Å². The Bertz CT molecular complexity index is 781. The van der Waals surface area contributed by atoms with E-state index in [0.717, 1.165) is 38.5 Å². The Balaban J connectivity index is 4.04. The number of allylic oxidation sites excluding steroid dienone is 3. The van der Waals surface area contributed by atoms with Crippen LogP contribution in [0.2, 0.25) is 0 Å². The smallest absolute Gasteiger partial charge is 0.267 e. The molecule has 3 N–H and O–H groups in total. The molecule has 0 aliphatic carbocycles. The average Bonchev–Trinajstić information content (AvgIpc) is 2.96. The molecule has 1 amide bonds. The van der Waals surface area contributed by atoms with Crippen molar-refractivity contribution in [1.82, 2.24) is 5.32 Å². The van der Waals surface area contributed by atoms with E-state index in [1.165, 1.54) is 128 Å². The third kappa shape index (κ3) is 32.0. The molecule has 254 valence electrons. The van der Waals surface area contributed by atoms with Crippen LogP contribution in [0.25, 0.3) is 0 Å². The van der Waals surface area contributed by atoms with Crippen LogP contribution in [0.5, 0.6) is 0 Å². The topological polar surface area (TPSA) is 104 Å². The summed E-state index contributed by atoms with van der Waals surface area (Å²) in [4.78, 5) is 12.4. The first-order valence-corrected chi connectivity index (χ1v) is 19.6. The Labute approximate surface area is 266 Å². The third-order valence-corrected chi connectivity index (χ3v) is 8.91. The summed E-state index contributed by atoms with van der Waals surface area (Å²) in [7, 11) is -4.34. The molecule has 0 fully saturated rings. The number of carbonyl (C=O) groups excluding carboxylic acids is 1. The van der Waals surface area contributed by atoms with Crippen LogP contribution in [0.15, 0.2) is 24.3 Å². The molecule has 0 spiro atoms. The van der Waals surface area contributed by atoms with Crippen LogP contribution in [-0.4, -0.2) is 41.9 Å². The lowest BCUT2D eigenvalue weighted by Gasteiger charge is -2.21. The highest BCUT2D eigenvalue weighted by Crippen LogP contribution is 2.14. The number of carbonyl (C=O) groups is 1. The van der Waals surface area contributed by atoms with Gasteiger partial charge in [0.05, 0.1) is 17.9 Å². The molecule has 0 aromatic rings. The Kier molecular flexibility index (Phi) is 30.0. The van der Waals surface area contributed by atoms with Crippen LogP contribution < -0.4 is 5.32 Å². The van der Waals surface area contributed by atoms with Gasteiger partial charge in [0.1, 0.15) is 0 Å². The summed E-state index contributed by atoms with van der Waals surface area (Å²) in [5.74, 6) is -0.995. The first-order valence-electron chi connectivity index (χ1n) is 18.0. The van der Waals surface area contributed by atoms with Gasteiger partial charge in [-0.2, -0.15) is 8.42 Å². The highest BCUT2D eigenvalue weighted by Gasteiger charge is 2.24. The fraction of sp³-hybridized carbons (Fsp3) is 0.861. The second-order valence-corrected chi connectivity index (χ2v) is 14.0. The predicted octanol–water partition coefficient (Wildman–Crippen LogP) is 10.0. The number of nitrogens with one attached hydrogen (secondary N) is 1. The molecule has 0 aromatic heterocycles. The Morgan fingerprint density at radius 1 is 0.605 bits per heavy atom. The number of hydrogen-bond acceptors (Lipinski definition) is 4. The maximum absolute atomic E-state index is 12.4. The molecule has 0 aliphatic rings. The molecule has 43 heavy (non-hydrogen) atoms. The summed E-state index contributed by atoms with van der Waals surface area (Å²) in [6.07, 6.45) is 37.3. The predicted molar refractivity (Wildman–Crippen MR) is 184 cm³/mol. The molecule has 2 atom stereocenters. The molecule has 0 aliphatic heterocycles. The van der Waals surface area contributed by atoms with Gasteiger partial charge in [-0.1, -0.05) is 167 Å². The first-order chi connectivity index (χ1) is 20.8. The van der Waals surface area contributed by atoms with Crippen molar-refractivity contribution in [1.29, 1.82) is 0 Å². The maximum Gasteiger partial charge on any atom is 0.267 e. The molecular weight excluding hydrogens is 558 g/mol. The van der Waals surface area contributed by atoms with E-state index in [0.29, 0.717) is 6.42 Å². The quantitative estimate of drug-likeness (QED) is 0.0391. The van der Waals surface area contributed by atoms with Gasteiger partial charge in [0.2, 0.25) is 5.91 Å². The molecule has 0 saturated carbocycles. The lowest BCUT2D eigenvalue weighted by Crippen LogP contribution is -2.46. The molecular formula is C36H69NO5S. The van der Waals surface area contributed by atoms with Gasteiger partial charge in [0, 0.05) is 6.42 Å². The van der Waals surface area contributed by atoms with Crippen molar-refractivity contribution in [2.24, 2.45) is 0 Å². The number of rotatable bonds is 32. The van der Waals surface area contributed by atoms with E-state index in [4.69, 9.17) is 0 Å². The van der Waals surface area contributed by atoms with Crippen molar-refractivity contribution < 1.29 is 22.9 Å². The lowest BCUT2D eigenvalue weighted by molar-refractivity contribution is -0.122. The minimum absolute atomic E-state index is 0.288. The molecule has 0 aromatic carbocycles. The number of hydrogen-bond donors (Lipinski definition) is 3. The fourth-order valence-electron chi connectivity index (χ4n) is 5.41. The number of unbranched alkanes of at least 4 members (excludes halogenated alkanes) is 22. The van der Waals surface area contributed by atoms with Crippen molar-refractivity contribution in [3.63, 3.8) is 0 Å². The van der Waals surface area contributed by atoms with E-state index in [-0.39, 0.29) is 5.91 Å². The Morgan fingerprint density at radius 3 is 1.47 bits per heavy atom. The van der Waals surface area contributed by atoms with Crippen molar-refractivity contribution in [3.05, 3.63) is 24.3 Å². The number of aliphatic hydroxyl groups is 1. The zero-order valence-electron chi connectivity index (χ0n) is 28.1. The van der Waals surface area contributed by atoms with Crippen LogP contribution >= 0.6 is 0 Å². The van der Waals surface area contributed by atoms with Crippen LogP contribution in [0.4, 0.5) is 0 Å². The van der Waals surface area contributed by atoms with Gasteiger partial charge < -0.3 is 10.4 Å². The molecule has 0 radical (unpaired) electrons. The zero-order valence-corrected chi connectivity index (χ0v) is 28.9. The summed E-state index contributed by atoms with van der Waals surface area (Å²) >= 11 is 0. The van der Waals surface area contributed by atoms with Gasteiger partial charge in [0.15, 0.2) is 0 Å². The third-order valence-electron chi connectivity index (χ3n) is 8.13. The number of amides is 1. The van der Waals surface area contributed by atoms with Gasteiger partial charge >= 0.3 is 0 Å². The van der Waals surface area contributed by atoms with E-state index in [2.05, 4.69) is 31.3 Å². The summed E-state index contributed by atoms with van der Waals surface area (Å²) in [5.41, 5.74) is 0. The van der Waals surface area contributed by atoms with E-state index in [1.807, 2.05) is 6.08 Å². The van der Waals surface area contributed by atoms with Crippen molar-refractivity contribution in [2.75, 3.05) is 5.75 Å². The normalized spacial score (nSPS) is 13.7. The van der Waals surface area contributed by atoms with E-state index >= 15 is 0 Å². The Morgan fingerprint density at radius 2 is 1.00 bits per heavy atom. The molecule has 6 nitrogen and oxygen atoms in total. The summed E-state index contributed by atoms with van der Waals surface area (Å²) in [6, 6.07) is -1.07. The maximum atomic E-state index is 12.4. The van der Waals surface area contributed by atoms with E-state index < -0.39 is 28.0 Å². The summed E-state index contributed by atoms with van der Waals surface area (Å²) in [6.45, 7) is 4.50. The Hall–Kier alpha value is -1.18. The molecule has 0 heterocycles. The van der Waals surface area contributed by atoms with E-state index in [9.17, 15) is 22.9 Å². The highest BCUT2D eigenvalue weighted by molar-refractivity contribution is 7.85. The minimum Gasteiger partial charge on any atom is -0.387 e. The van der Waals surface area contributed by atoms with Crippen molar-refractivity contribution >= 4 is 16.0 Å². The highest BCUT2D eigenvalue weighted by atomic mass is 32.2. The van der Waals surface area contributed by atoms with Crippen LogP contribution in [0.1, 0.15) is 181 Å². The molecule has 2 unspecified atom stereocenters. The van der Waals surface area contributed by atoms with Gasteiger partial charge in [-0.3, -0.25) is 9.35 Å². The molecule has 7 heteroatoms. The summed E-state index contributed by atoms with van der Waals surface area (Å²) < 4.78 is 32.3. The van der Waals surface area contributed by atoms with Gasteiger partial charge in [-0.05, 0) is 32.1 Å². The van der Waals surface area contributed by atoms with Crippen LogP contribution in [-0.2, 0) is 14.9 Å². The lowest BCUT2D eigenvalue weighted by atomic mass is 10.0. The average molecular weight is 628 g/mol. The number of aliphatic hydroxyl groups excluding tert-OH is 1. The standard InChI is InChI=1S/C36H69NO5S/c1-3-5-7-9-11-13-15-17-18-20-21-23-25-27-29-31-35(38)34(33-43(40,41)42)37-36(39)32-30-28-26-24-22-19-16-14-12-10-8-6-4-2/h21,23,29,31,34-35,38H,3-20,22,24-28,30,32-33H2,1-2H3,(H,37,39)(H,40,41,42)/b23-21+,31-29+. The second-order valence-electron chi connectivity index (χ2n) is 12.5. The second kappa shape index (κ2) is 30.8. The van der Waals surface area contributed by atoms with E-state index in [1.54, 1.807) is 0 Å². The molecule has 0 saturated heterocycles. The van der Waals surface area contributed by atoms with Crippen LogP contribution in [0, 0.1) is 0 Å². The largest absolute Gasteiger partial charge is 0.387 e. The molecule has 0 rings (SSSR count). The van der Waals surface area contributed by atoms with Crippen LogP contribution in [0.3, 0.4) is 0 Å². The SMILES string of the molecule is CCCCCCCCCCC/C=C/CC/C=C/C(O)C(CS(=O)(=O)O)NC(=O)CCCCCCCCCCCCCCC. The van der Waals surface area contributed by atoms with Gasteiger partial charge in [0.25, 0.3) is 10.1 Å².